The molecular formula is C8H18N2. The topological polar surface area (TPSA) is 24.1 Å². The van der Waals surface area contributed by atoms with Crippen LogP contribution in [0.2, 0.25) is 0 Å². The molecule has 60 valence electrons. The van der Waals surface area contributed by atoms with E-state index in [1.807, 2.05) is 0 Å². The van der Waals surface area contributed by atoms with Gasteiger partial charge in [0.15, 0.2) is 0 Å². The minimum Gasteiger partial charge on any atom is -0.309 e. The lowest BCUT2D eigenvalue weighted by Crippen LogP contribution is -2.62. The molecule has 1 fully saturated rings. The normalized spacial score (nSPS) is 98.4. The maximum Gasteiger partial charge on any atom is 0.0478 e. The van der Waals surface area contributed by atoms with Crippen LogP contribution >= 0.6 is 0 Å². The molecule has 2 heteroatoms. The van der Waals surface area contributed by atoms with E-state index in [0.717, 1.165) is 0 Å². The van der Waals surface area contributed by atoms with Gasteiger partial charge in [-0.15, -0.1) is 0 Å². The average Bonchev–Trinajstić information content (AvgIpc) is 2.28. The molecule has 0 aromatic carbocycles. The predicted molar refractivity (Wildman–Crippen MR) is 44.1 cm³/mol. The maximum absolute atomic E-state index is 8.07. The van der Waals surface area contributed by atoms with Gasteiger partial charge in [-0.2, -0.15) is 0 Å². The van der Waals surface area contributed by atoms with Crippen LogP contribution in [0, 0.1) is 0 Å². The summed E-state index contributed by atoms with van der Waals surface area (Å²) in [5.41, 5.74) is 0. The molecule has 1 saturated heterocycles. The van der Waals surface area contributed by atoms with Gasteiger partial charge in [0, 0.05) is 44.7 Å². The average molecular weight is 157 g/mol. The van der Waals surface area contributed by atoms with Crippen molar-refractivity contribution >= 4 is 0 Å². The first-order valence-corrected chi connectivity index (χ1v) is 2.62. The van der Waals surface area contributed by atoms with E-state index in [2.05, 4.69) is 0 Å². The molecule has 0 saturated carbocycles. The van der Waals surface area contributed by atoms with E-state index >= 15 is 0 Å². The van der Waals surface area contributed by atoms with E-state index in [1.165, 1.54) is 0 Å². The van der Waals surface area contributed by atoms with E-state index in [0.29, 0.717) is 0 Å². The quantitative estimate of drug-likeness (QED) is 0.542. The molecule has 4 atom stereocenters. The number of nitrogens with one attached hydrogen (secondary N) is 2. The zero-order chi connectivity index (χ0) is 20.5. The molecule has 1 heterocycles. The molecule has 2 N–H and O–H groups in total. The van der Waals surface area contributed by atoms with Gasteiger partial charge in [0.25, 0.3) is 0 Å². The van der Waals surface area contributed by atoms with E-state index in [9.17, 15) is 0 Å². The molecule has 0 aromatic heterocycles. The summed E-state index contributed by atoms with van der Waals surface area (Å²) in [6, 6.07) is -12.7. The van der Waals surface area contributed by atoms with Crippen molar-refractivity contribution in [1.29, 1.82) is 0 Å². The first-order chi connectivity index (χ1) is 10.5. The van der Waals surface area contributed by atoms with Crippen molar-refractivity contribution in [3.8, 4) is 0 Å². The highest BCUT2D eigenvalue weighted by molar-refractivity contribution is 4.89. The Balaban J connectivity index is 3.78. The van der Waals surface area contributed by atoms with Crippen molar-refractivity contribution in [2.75, 3.05) is 0 Å². The Morgan fingerprint density at radius 1 is 1.00 bits per heavy atom. The van der Waals surface area contributed by atoms with Gasteiger partial charge < -0.3 is 10.6 Å². The lowest BCUT2D eigenvalue weighted by molar-refractivity contribution is 0.250. The van der Waals surface area contributed by atoms with Crippen LogP contribution in [-0.2, 0) is 0 Å². The molecule has 4 unspecified atom stereocenters. The molecule has 1 aliphatic rings. The molecule has 10 heavy (non-hydrogen) atoms. The van der Waals surface area contributed by atoms with Crippen molar-refractivity contribution in [3.63, 3.8) is 0 Å². The third kappa shape index (κ3) is 1.50. The first-order valence-electron chi connectivity index (χ1n) is 10.1. The van der Waals surface area contributed by atoms with Crippen LogP contribution in [0.1, 0.15) is 48.0 Å². The van der Waals surface area contributed by atoms with Crippen LogP contribution < -0.4 is 10.6 Å². The van der Waals surface area contributed by atoms with Crippen LogP contribution in [0.15, 0.2) is 0 Å². The number of rotatable bonds is 0. The summed E-state index contributed by atoms with van der Waals surface area (Å²) in [5.74, 6) is 0. The first kappa shape index (κ1) is 1.27. The van der Waals surface area contributed by atoms with Crippen LogP contribution in [0.3, 0.4) is 0 Å². The number of piperazine rings is 1. The fourth-order valence-corrected chi connectivity index (χ4v) is 0.558. The fourth-order valence-electron chi connectivity index (χ4n) is 0.558. The van der Waals surface area contributed by atoms with E-state index < -0.39 is 51.5 Å². The highest BCUT2D eigenvalue weighted by Gasteiger charge is 2.25. The van der Waals surface area contributed by atoms with Gasteiger partial charge in [-0.1, -0.05) is 0 Å². The lowest BCUT2D eigenvalue weighted by atomic mass is 10.0. The summed E-state index contributed by atoms with van der Waals surface area (Å²) >= 11 is 0. The molecule has 0 bridgehead atoms. The Morgan fingerprint density at radius 3 is 2.30 bits per heavy atom. The Labute approximate surface area is 84.5 Å². The molecule has 2 nitrogen and oxygen atoms in total. The zero-order valence-corrected chi connectivity index (χ0v) is 5.08. The van der Waals surface area contributed by atoms with Crippen LogP contribution in [0.4, 0.5) is 0 Å². The summed E-state index contributed by atoms with van der Waals surface area (Å²) in [5, 5.41) is 3.27. The molecular weight excluding hydrogens is 124 g/mol. The SMILES string of the molecule is [2H]C([2H])([2H])C1NC([2H])(C([2H])([2H])[2H])C([2H])(C([2H])([2H])[2H])NC1([2H])C([2H])([2H])[2H]. The number of hydrogen-bond donors (Lipinski definition) is 2. The largest absolute Gasteiger partial charge is 0.309 e. The second-order valence-electron chi connectivity index (χ2n) is 1.87. The Bertz CT molecular complexity index is 516. The Hall–Kier alpha value is -0.0800. The highest BCUT2D eigenvalue weighted by atomic mass is 15.1. The number of hydrogen-bond acceptors (Lipinski definition) is 2. The maximum atomic E-state index is 8.07. The van der Waals surface area contributed by atoms with Gasteiger partial charge in [0.2, 0.25) is 0 Å². The van der Waals surface area contributed by atoms with Gasteiger partial charge in [-0.3, -0.25) is 0 Å². The minimum absolute atomic E-state index is 1.58. The van der Waals surface area contributed by atoms with Crippen molar-refractivity contribution in [3.05, 3.63) is 0 Å². The molecule has 0 spiro atoms. The molecule has 1 rings (SSSR count). The lowest BCUT2D eigenvalue weighted by Gasteiger charge is -2.38. The molecule has 0 aliphatic carbocycles. The summed E-state index contributed by atoms with van der Waals surface area (Å²) in [4.78, 5) is 0. The minimum atomic E-state index is -3.58. The van der Waals surface area contributed by atoms with Gasteiger partial charge in [-0.25, -0.2) is 0 Å². The molecule has 0 amide bonds. The molecule has 1 aliphatic heterocycles. The summed E-state index contributed by atoms with van der Waals surface area (Å²) in [6.45, 7) is -13.8. The van der Waals surface area contributed by atoms with Crippen LogP contribution in [-0.4, -0.2) is 24.1 Å². The second-order valence-corrected chi connectivity index (χ2v) is 1.87. The van der Waals surface area contributed by atoms with Crippen molar-refractivity contribution in [2.24, 2.45) is 0 Å². The Morgan fingerprint density at radius 2 is 1.70 bits per heavy atom. The molecule has 0 aromatic rings. The summed E-state index contributed by atoms with van der Waals surface area (Å²) < 4.78 is 113. The molecule has 0 radical (unpaired) electrons. The predicted octanol–water partition coefficient (Wildman–Crippen LogP) is 0.733. The van der Waals surface area contributed by atoms with Crippen molar-refractivity contribution < 1.29 is 20.6 Å². The standard InChI is InChI=1S/C8H18N2/c1-5-6(2)10-8(4)7(3)9-5/h5-10H,1-4H3/i1D3,2D3,3D3,4D3,5D,6D,7D. The monoisotopic (exact) mass is 157 g/mol. The van der Waals surface area contributed by atoms with Crippen molar-refractivity contribution in [1.82, 2.24) is 10.6 Å². The van der Waals surface area contributed by atoms with Crippen LogP contribution in [0.5, 0.6) is 0 Å². The van der Waals surface area contributed by atoms with Gasteiger partial charge >= 0.3 is 0 Å². The van der Waals surface area contributed by atoms with Crippen LogP contribution in [0.25, 0.3) is 0 Å². The third-order valence-corrected chi connectivity index (χ3v) is 1.09. The van der Waals surface area contributed by atoms with Crippen molar-refractivity contribution in [2.45, 2.75) is 51.5 Å². The summed E-state index contributed by atoms with van der Waals surface area (Å²) in [7, 11) is 0. The van der Waals surface area contributed by atoms with Gasteiger partial charge in [0.05, 0.1) is 0 Å². The fraction of sp³-hybridized carbons (Fsp3) is 1.00. The second kappa shape index (κ2) is 2.89. The summed E-state index contributed by atoms with van der Waals surface area (Å²) in [6.07, 6.45) is 0. The van der Waals surface area contributed by atoms with Gasteiger partial charge in [-0.05, 0) is 27.4 Å². The Kier molecular flexibility index (Phi) is 0.367. The highest BCUT2D eigenvalue weighted by Crippen LogP contribution is 2.05. The van der Waals surface area contributed by atoms with E-state index in [4.69, 9.17) is 20.6 Å². The smallest absolute Gasteiger partial charge is 0.0478 e. The third-order valence-electron chi connectivity index (χ3n) is 1.09. The zero-order valence-electron chi connectivity index (χ0n) is 20.1. The van der Waals surface area contributed by atoms with E-state index in [-0.39, 0.29) is 0 Å². The van der Waals surface area contributed by atoms with Gasteiger partial charge in [0.1, 0.15) is 0 Å². The van der Waals surface area contributed by atoms with E-state index in [1.54, 1.807) is 10.6 Å².